The van der Waals surface area contributed by atoms with Gasteiger partial charge in [-0.05, 0) is 29.2 Å². The molecule has 2 nitrogen and oxygen atoms in total. The van der Waals surface area contributed by atoms with E-state index in [1.165, 1.54) is 16.6 Å². The van der Waals surface area contributed by atoms with E-state index in [9.17, 15) is 0 Å². The van der Waals surface area contributed by atoms with Crippen molar-refractivity contribution in [2.45, 2.75) is 32.7 Å². The minimum absolute atomic E-state index is 0.129. The molecule has 4 aromatic rings. The third-order valence-corrected chi connectivity index (χ3v) is 5.40. The van der Waals surface area contributed by atoms with Crippen molar-refractivity contribution >= 4 is 11.0 Å². The van der Waals surface area contributed by atoms with Gasteiger partial charge in [0.2, 0.25) is 0 Å². The Balaban J connectivity index is 1.94. The van der Waals surface area contributed by atoms with Crippen molar-refractivity contribution in [3.8, 4) is 0 Å². The van der Waals surface area contributed by atoms with Gasteiger partial charge in [0.1, 0.15) is 5.82 Å². The van der Waals surface area contributed by atoms with Gasteiger partial charge in [-0.3, -0.25) is 0 Å². The molecule has 0 aliphatic carbocycles. The number of hydrogen-bond donors (Lipinski definition) is 0. The number of fused-ring (bicyclic) bond motifs is 1. The molecule has 0 saturated heterocycles. The first-order valence-corrected chi connectivity index (χ1v) is 9.83. The fourth-order valence-corrected chi connectivity index (χ4v) is 3.73. The standard InChI is InChI=1S/C25H26N2/c1-3-19(2)18-27-23-17-11-10-16-22(23)26-25(27)24(20-12-6-4-7-13-20)21-14-8-5-9-15-21/h4-17,19,24H,3,18H2,1-2H3. The maximum atomic E-state index is 5.12. The van der Waals surface area contributed by atoms with Crippen LogP contribution in [0.3, 0.4) is 0 Å². The number of para-hydroxylation sites is 2. The predicted molar refractivity (Wildman–Crippen MR) is 113 cm³/mol. The maximum Gasteiger partial charge on any atom is 0.121 e. The minimum Gasteiger partial charge on any atom is -0.327 e. The van der Waals surface area contributed by atoms with Gasteiger partial charge in [-0.25, -0.2) is 4.98 Å². The zero-order valence-corrected chi connectivity index (χ0v) is 16.0. The van der Waals surface area contributed by atoms with Gasteiger partial charge in [-0.2, -0.15) is 0 Å². The van der Waals surface area contributed by atoms with E-state index in [0.717, 1.165) is 24.3 Å². The summed E-state index contributed by atoms with van der Waals surface area (Å²) in [6.45, 7) is 5.57. The smallest absolute Gasteiger partial charge is 0.121 e. The molecule has 1 atom stereocenters. The van der Waals surface area contributed by atoms with Crippen LogP contribution in [-0.4, -0.2) is 9.55 Å². The van der Waals surface area contributed by atoms with Crippen LogP contribution >= 0.6 is 0 Å². The number of benzene rings is 3. The van der Waals surface area contributed by atoms with Crippen LogP contribution in [0.2, 0.25) is 0 Å². The molecular weight excluding hydrogens is 328 g/mol. The van der Waals surface area contributed by atoms with E-state index in [4.69, 9.17) is 4.98 Å². The zero-order valence-electron chi connectivity index (χ0n) is 16.0. The monoisotopic (exact) mass is 354 g/mol. The summed E-state index contributed by atoms with van der Waals surface area (Å²) in [5.41, 5.74) is 4.87. The Kier molecular flexibility index (Phi) is 5.06. The Hall–Kier alpha value is -2.87. The average Bonchev–Trinajstić information content (AvgIpc) is 3.08. The lowest BCUT2D eigenvalue weighted by Gasteiger charge is -2.21. The van der Waals surface area contributed by atoms with E-state index < -0.39 is 0 Å². The van der Waals surface area contributed by atoms with Gasteiger partial charge in [0.15, 0.2) is 0 Å². The lowest BCUT2D eigenvalue weighted by Crippen LogP contribution is -2.15. The first-order valence-electron chi connectivity index (χ1n) is 9.83. The van der Waals surface area contributed by atoms with E-state index in [-0.39, 0.29) is 5.92 Å². The molecule has 1 aromatic heterocycles. The summed E-state index contributed by atoms with van der Waals surface area (Å²) >= 11 is 0. The van der Waals surface area contributed by atoms with Gasteiger partial charge in [0, 0.05) is 6.54 Å². The molecule has 3 aromatic carbocycles. The van der Waals surface area contributed by atoms with Gasteiger partial charge >= 0.3 is 0 Å². The van der Waals surface area contributed by atoms with Crippen LogP contribution in [0, 0.1) is 5.92 Å². The highest BCUT2D eigenvalue weighted by Crippen LogP contribution is 2.34. The Morgan fingerprint density at radius 1 is 0.778 bits per heavy atom. The molecule has 0 bridgehead atoms. The fourth-order valence-electron chi connectivity index (χ4n) is 3.73. The molecule has 4 rings (SSSR count). The maximum absolute atomic E-state index is 5.12. The molecule has 1 heterocycles. The van der Waals surface area contributed by atoms with Gasteiger partial charge in [-0.1, -0.05) is 93.1 Å². The SMILES string of the molecule is CCC(C)Cn1c(C(c2ccccc2)c2ccccc2)nc2ccccc21. The summed E-state index contributed by atoms with van der Waals surface area (Å²) in [5.74, 6) is 1.87. The third-order valence-electron chi connectivity index (χ3n) is 5.40. The third kappa shape index (κ3) is 3.52. The predicted octanol–water partition coefficient (Wildman–Crippen LogP) is 6.26. The van der Waals surface area contributed by atoms with Gasteiger partial charge in [0.05, 0.1) is 17.0 Å². The molecule has 0 radical (unpaired) electrons. The highest BCUT2D eigenvalue weighted by Gasteiger charge is 2.24. The first-order chi connectivity index (χ1) is 13.3. The number of nitrogens with zero attached hydrogens (tertiary/aromatic N) is 2. The summed E-state index contributed by atoms with van der Waals surface area (Å²) in [4.78, 5) is 5.12. The van der Waals surface area contributed by atoms with Crippen molar-refractivity contribution in [3.05, 3.63) is 102 Å². The van der Waals surface area contributed by atoms with Gasteiger partial charge < -0.3 is 4.57 Å². The second-order valence-electron chi connectivity index (χ2n) is 7.34. The van der Waals surface area contributed by atoms with E-state index in [1.54, 1.807) is 0 Å². The van der Waals surface area contributed by atoms with E-state index in [0.29, 0.717) is 5.92 Å². The molecule has 1 unspecified atom stereocenters. The summed E-state index contributed by atoms with van der Waals surface area (Å²) in [6.07, 6.45) is 1.16. The highest BCUT2D eigenvalue weighted by molar-refractivity contribution is 5.76. The van der Waals surface area contributed by atoms with Crippen molar-refractivity contribution in [3.63, 3.8) is 0 Å². The largest absolute Gasteiger partial charge is 0.327 e. The molecule has 0 aliphatic rings. The van der Waals surface area contributed by atoms with Crippen molar-refractivity contribution in [2.24, 2.45) is 5.92 Å². The van der Waals surface area contributed by atoms with Crippen molar-refractivity contribution in [2.75, 3.05) is 0 Å². The second-order valence-corrected chi connectivity index (χ2v) is 7.34. The van der Waals surface area contributed by atoms with Gasteiger partial charge in [-0.15, -0.1) is 0 Å². The van der Waals surface area contributed by atoms with Crippen LogP contribution in [0.1, 0.15) is 43.1 Å². The molecule has 0 saturated carbocycles. The molecular formula is C25H26N2. The van der Waals surface area contributed by atoms with Crippen LogP contribution < -0.4 is 0 Å². The quantitative estimate of drug-likeness (QED) is 0.399. The Bertz CT molecular complexity index is 963. The Morgan fingerprint density at radius 3 is 1.93 bits per heavy atom. The summed E-state index contributed by atoms with van der Waals surface area (Å²) in [6, 6.07) is 30.0. The number of aromatic nitrogens is 2. The van der Waals surface area contributed by atoms with Gasteiger partial charge in [0.25, 0.3) is 0 Å². The zero-order chi connectivity index (χ0) is 18.6. The molecule has 136 valence electrons. The van der Waals surface area contributed by atoms with E-state index in [2.05, 4.69) is 103 Å². The van der Waals surface area contributed by atoms with Crippen molar-refractivity contribution in [1.82, 2.24) is 9.55 Å². The molecule has 0 N–H and O–H groups in total. The molecule has 2 heteroatoms. The molecule has 0 fully saturated rings. The Labute approximate surface area is 161 Å². The lowest BCUT2D eigenvalue weighted by atomic mass is 9.90. The second kappa shape index (κ2) is 7.79. The summed E-state index contributed by atoms with van der Waals surface area (Å²) in [7, 11) is 0. The molecule has 0 amide bonds. The normalized spacial score (nSPS) is 12.6. The average molecular weight is 354 g/mol. The fraction of sp³-hybridized carbons (Fsp3) is 0.240. The topological polar surface area (TPSA) is 17.8 Å². The lowest BCUT2D eigenvalue weighted by molar-refractivity contribution is 0.464. The number of hydrogen-bond acceptors (Lipinski definition) is 1. The van der Waals surface area contributed by atoms with Crippen LogP contribution in [-0.2, 0) is 6.54 Å². The van der Waals surface area contributed by atoms with Crippen LogP contribution in [0.25, 0.3) is 11.0 Å². The van der Waals surface area contributed by atoms with E-state index >= 15 is 0 Å². The number of rotatable bonds is 6. The minimum atomic E-state index is 0.129. The van der Waals surface area contributed by atoms with Crippen LogP contribution in [0.5, 0.6) is 0 Å². The number of imidazole rings is 1. The summed E-state index contributed by atoms with van der Waals surface area (Å²) < 4.78 is 2.44. The first kappa shape index (κ1) is 17.5. The Morgan fingerprint density at radius 2 is 1.33 bits per heavy atom. The molecule has 0 spiro atoms. The van der Waals surface area contributed by atoms with Crippen LogP contribution in [0.4, 0.5) is 0 Å². The molecule has 0 aliphatic heterocycles. The van der Waals surface area contributed by atoms with Crippen LogP contribution in [0.15, 0.2) is 84.9 Å². The molecule has 27 heavy (non-hydrogen) atoms. The van der Waals surface area contributed by atoms with Crippen molar-refractivity contribution in [1.29, 1.82) is 0 Å². The van der Waals surface area contributed by atoms with E-state index in [1.807, 2.05) is 0 Å². The highest BCUT2D eigenvalue weighted by atomic mass is 15.1. The summed E-state index contributed by atoms with van der Waals surface area (Å²) in [5, 5.41) is 0. The van der Waals surface area contributed by atoms with Crippen molar-refractivity contribution < 1.29 is 0 Å².